The van der Waals surface area contributed by atoms with E-state index in [1.54, 1.807) is 0 Å². The van der Waals surface area contributed by atoms with E-state index in [4.69, 9.17) is 20.9 Å². The molecule has 4 saturated heterocycles. The molecule has 1 saturated carbocycles. The molecule has 2 atom stereocenters. The lowest BCUT2D eigenvalue weighted by Gasteiger charge is -2.38. The van der Waals surface area contributed by atoms with Crippen LogP contribution in [0.4, 0.5) is 19.0 Å². The van der Waals surface area contributed by atoms with Crippen molar-refractivity contribution >= 4 is 27.5 Å². The monoisotopic (exact) mass is 655 g/mol. The van der Waals surface area contributed by atoms with Crippen molar-refractivity contribution in [3.63, 3.8) is 0 Å². The molecule has 48 heavy (non-hydrogen) atoms. The van der Waals surface area contributed by atoms with E-state index >= 15 is 8.78 Å². The summed E-state index contributed by atoms with van der Waals surface area (Å²) in [6.07, 6.45) is 10.9. The van der Waals surface area contributed by atoms with Crippen LogP contribution in [0, 0.1) is 40.6 Å². The van der Waals surface area contributed by atoms with Crippen LogP contribution < -0.4 is 15.0 Å². The van der Waals surface area contributed by atoms with Gasteiger partial charge in [-0.25, -0.2) is 13.2 Å². The fourth-order valence-electron chi connectivity index (χ4n) is 8.45. The topological polar surface area (TPSA) is 83.0 Å². The third-order valence-corrected chi connectivity index (χ3v) is 11.2. The normalized spacial score (nSPS) is 23.9. The lowest BCUT2D eigenvalue weighted by atomic mass is 9.85. The molecule has 3 aromatic carbocycles. The number of hydrogen-bond donors (Lipinski definition) is 2. The minimum absolute atomic E-state index is 0.0224. The van der Waals surface area contributed by atoms with Crippen LogP contribution in [0.1, 0.15) is 37.7 Å². The third kappa shape index (κ3) is 4.96. The van der Waals surface area contributed by atoms with Crippen molar-refractivity contribution in [2.24, 2.45) is 10.8 Å². The van der Waals surface area contributed by atoms with Crippen molar-refractivity contribution in [1.82, 2.24) is 20.2 Å². The molecule has 8 nitrogen and oxygen atoms in total. The van der Waals surface area contributed by atoms with E-state index in [0.717, 1.165) is 65.0 Å². The van der Waals surface area contributed by atoms with Gasteiger partial charge in [-0.05, 0) is 68.3 Å². The Bertz CT molecular complexity index is 2010. The zero-order valence-corrected chi connectivity index (χ0v) is 26.5. The summed E-state index contributed by atoms with van der Waals surface area (Å²) >= 11 is 0. The minimum atomic E-state index is -0.957. The van der Waals surface area contributed by atoms with Crippen LogP contribution in [-0.4, -0.2) is 84.6 Å². The first-order valence-corrected chi connectivity index (χ1v) is 16.8. The van der Waals surface area contributed by atoms with E-state index in [-0.39, 0.29) is 56.7 Å². The molecule has 4 aliphatic heterocycles. The van der Waals surface area contributed by atoms with E-state index in [9.17, 15) is 9.50 Å². The van der Waals surface area contributed by atoms with Crippen molar-refractivity contribution < 1.29 is 27.8 Å². The Morgan fingerprint density at radius 1 is 1.04 bits per heavy atom. The summed E-state index contributed by atoms with van der Waals surface area (Å²) < 4.78 is 59.9. The van der Waals surface area contributed by atoms with Gasteiger partial charge in [0.05, 0.1) is 30.9 Å². The molecule has 2 N–H and O–H groups in total. The van der Waals surface area contributed by atoms with Gasteiger partial charge in [-0.15, -0.1) is 6.42 Å². The second-order valence-corrected chi connectivity index (χ2v) is 14.7. The molecule has 2 bridgehead atoms. The molecule has 1 aromatic heterocycles. The van der Waals surface area contributed by atoms with Gasteiger partial charge >= 0.3 is 6.01 Å². The number of likely N-dealkylation sites (tertiary alicyclic amines) is 1. The van der Waals surface area contributed by atoms with Crippen molar-refractivity contribution in [3.8, 4) is 35.2 Å². The molecule has 5 aliphatic rings. The van der Waals surface area contributed by atoms with Gasteiger partial charge in [-0.2, -0.15) is 9.97 Å². The Kier molecular flexibility index (Phi) is 6.84. The number of nitrogens with one attached hydrogen (secondary N) is 1. The Hall–Kier alpha value is -4.11. The van der Waals surface area contributed by atoms with Crippen molar-refractivity contribution in [1.29, 1.82) is 0 Å². The highest BCUT2D eigenvalue weighted by atomic mass is 19.1. The number of hydrogen-bond acceptors (Lipinski definition) is 8. The molecular weight excluding hydrogens is 619 g/mol. The SMILES string of the molecule is C#Cc1c(F)ccc2cc(O)cc(-c3c(F)cc4c(N5CC6CCC(C5)N6)nc(OCC5(CN6CCC7(COC7)C6)CC5)nc4c3F)c12. The van der Waals surface area contributed by atoms with E-state index in [1.807, 2.05) is 0 Å². The van der Waals surface area contributed by atoms with Crippen LogP contribution in [0.3, 0.4) is 0 Å². The van der Waals surface area contributed by atoms with Crippen LogP contribution in [0.5, 0.6) is 11.8 Å². The Morgan fingerprint density at radius 2 is 1.83 bits per heavy atom. The number of ether oxygens (including phenoxy) is 2. The molecule has 1 spiro atoms. The van der Waals surface area contributed by atoms with Gasteiger partial charge in [0.15, 0.2) is 5.82 Å². The van der Waals surface area contributed by atoms with Crippen molar-refractivity contribution in [2.45, 2.75) is 44.2 Å². The number of benzene rings is 3. The number of phenols is 1. The van der Waals surface area contributed by atoms with Gasteiger partial charge in [-0.3, -0.25) is 0 Å². The summed E-state index contributed by atoms with van der Waals surface area (Å²) in [5.41, 5.74) is -0.491. The summed E-state index contributed by atoms with van der Waals surface area (Å²) in [7, 11) is 0. The second-order valence-electron chi connectivity index (χ2n) is 14.7. The third-order valence-electron chi connectivity index (χ3n) is 11.2. The van der Waals surface area contributed by atoms with Crippen LogP contribution in [0.15, 0.2) is 30.3 Å². The number of nitrogens with zero attached hydrogens (tertiary/aromatic N) is 4. The molecule has 2 unspecified atom stereocenters. The van der Waals surface area contributed by atoms with Crippen molar-refractivity contribution in [2.75, 3.05) is 57.4 Å². The van der Waals surface area contributed by atoms with Crippen LogP contribution in [0.25, 0.3) is 32.8 Å². The maximum atomic E-state index is 16.9. The zero-order chi connectivity index (χ0) is 32.8. The largest absolute Gasteiger partial charge is 0.508 e. The smallest absolute Gasteiger partial charge is 0.319 e. The first kappa shape index (κ1) is 30.0. The quantitative estimate of drug-likeness (QED) is 0.257. The Labute approximate surface area is 276 Å². The molecule has 4 aromatic rings. The predicted octanol–water partition coefficient (Wildman–Crippen LogP) is 5.38. The van der Waals surface area contributed by atoms with E-state index in [0.29, 0.717) is 36.3 Å². The molecule has 248 valence electrons. The Balaban J connectivity index is 1.13. The number of rotatable bonds is 7. The number of halogens is 3. The molecule has 9 rings (SSSR count). The molecule has 0 radical (unpaired) electrons. The lowest BCUT2D eigenvalue weighted by Crippen LogP contribution is -2.51. The molecule has 11 heteroatoms. The zero-order valence-electron chi connectivity index (χ0n) is 26.5. The summed E-state index contributed by atoms with van der Waals surface area (Å²) in [4.78, 5) is 13.9. The highest BCUT2D eigenvalue weighted by molar-refractivity contribution is 6.04. The maximum absolute atomic E-state index is 16.9. The molecule has 1 aliphatic carbocycles. The fourth-order valence-corrected chi connectivity index (χ4v) is 8.45. The second kappa shape index (κ2) is 11.0. The lowest BCUT2D eigenvalue weighted by molar-refractivity contribution is -0.105. The molecular formula is C37H36F3N5O3. The average molecular weight is 656 g/mol. The molecule has 0 amide bonds. The Morgan fingerprint density at radius 3 is 2.52 bits per heavy atom. The highest BCUT2D eigenvalue weighted by Crippen LogP contribution is 2.49. The number of aromatic nitrogens is 2. The standard InChI is InChI=1S/C37H36F3N5O3/c1-2-25-28(38)6-3-21-11-24(46)12-26(30(21)25)31-29(39)13-27-33(32(31)40)42-35(43-34(27)45-14-22-4-5-23(15-45)41-22)48-20-36(7-8-36)16-44-10-9-37(17-44)18-47-19-37/h1,3,6,11-13,22-23,41,46H,4-5,7-10,14-20H2. The maximum Gasteiger partial charge on any atom is 0.319 e. The first-order chi connectivity index (χ1) is 23.2. The number of anilines is 1. The number of piperazine rings is 1. The van der Waals surface area contributed by atoms with Crippen molar-refractivity contribution in [3.05, 3.63) is 53.3 Å². The van der Waals surface area contributed by atoms with Gasteiger partial charge in [0.2, 0.25) is 0 Å². The predicted molar refractivity (Wildman–Crippen MR) is 176 cm³/mol. The minimum Gasteiger partial charge on any atom is -0.508 e. The fraction of sp³-hybridized carbons (Fsp3) is 0.459. The van der Waals surface area contributed by atoms with Gasteiger partial charge in [0.25, 0.3) is 0 Å². The number of fused-ring (bicyclic) bond motifs is 4. The summed E-state index contributed by atoms with van der Waals surface area (Å²) in [5, 5.41) is 14.9. The summed E-state index contributed by atoms with van der Waals surface area (Å²) in [6, 6.07) is 6.96. The van der Waals surface area contributed by atoms with Gasteiger partial charge < -0.3 is 29.7 Å². The average Bonchev–Trinajstić information content (AvgIpc) is 3.53. The highest BCUT2D eigenvalue weighted by Gasteiger charge is 2.50. The van der Waals surface area contributed by atoms with Crippen LogP contribution in [-0.2, 0) is 4.74 Å². The molecule has 5 heterocycles. The van der Waals surface area contributed by atoms with E-state index in [2.05, 4.69) is 26.0 Å². The van der Waals surface area contributed by atoms with Crippen LogP contribution >= 0.6 is 0 Å². The van der Waals surface area contributed by atoms with Gasteiger partial charge in [0.1, 0.15) is 28.7 Å². The van der Waals surface area contributed by atoms with Crippen LogP contribution in [0.2, 0.25) is 0 Å². The summed E-state index contributed by atoms with van der Waals surface area (Å²) in [6.45, 7) is 6.33. The first-order valence-electron chi connectivity index (χ1n) is 16.8. The van der Waals surface area contributed by atoms with E-state index in [1.165, 1.54) is 30.3 Å². The van der Waals surface area contributed by atoms with Gasteiger partial charge in [-0.1, -0.05) is 12.0 Å². The van der Waals surface area contributed by atoms with E-state index < -0.39 is 23.0 Å². The number of terminal acetylenes is 1. The summed E-state index contributed by atoms with van der Waals surface area (Å²) in [5.74, 6) is -0.0474. The molecule has 5 fully saturated rings. The number of phenolic OH excluding ortho intramolecular Hbond substituents is 1. The number of aromatic hydroxyl groups is 1. The van der Waals surface area contributed by atoms with Gasteiger partial charge in [0, 0.05) is 65.4 Å².